The Morgan fingerprint density at radius 3 is 2.26 bits per heavy atom. The first-order valence-corrected chi connectivity index (χ1v) is 6.86. The molecule has 2 rings (SSSR count). The lowest BCUT2D eigenvalue weighted by Crippen LogP contribution is -2.68. The van der Waals surface area contributed by atoms with E-state index in [1.54, 1.807) is 6.92 Å². The molecule has 1 heterocycles. The first-order chi connectivity index (χ1) is 8.74. The number of Topliss-reactive ketones (excluding diaryl/α,β-unsaturated/α-hetero) is 1. The number of rotatable bonds is 2. The molecule has 0 aliphatic carbocycles. The van der Waals surface area contributed by atoms with Crippen LogP contribution in [0.15, 0.2) is 24.3 Å². The molecule has 0 amide bonds. The zero-order chi connectivity index (χ0) is 14.3. The second kappa shape index (κ2) is 4.64. The van der Waals surface area contributed by atoms with Gasteiger partial charge in [0.15, 0.2) is 5.78 Å². The van der Waals surface area contributed by atoms with Gasteiger partial charge in [0.1, 0.15) is 0 Å². The number of piperazine rings is 1. The van der Waals surface area contributed by atoms with Crippen LogP contribution >= 0.6 is 0 Å². The minimum atomic E-state index is 0.0250. The Morgan fingerprint density at radius 1 is 1.16 bits per heavy atom. The van der Waals surface area contributed by atoms with Crippen LogP contribution in [0.25, 0.3) is 0 Å². The van der Waals surface area contributed by atoms with Crippen LogP contribution in [0.5, 0.6) is 0 Å². The van der Waals surface area contributed by atoms with E-state index >= 15 is 0 Å². The summed E-state index contributed by atoms with van der Waals surface area (Å²) in [4.78, 5) is 14.0. The minimum Gasteiger partial charge on any atom is -0.359 e. The molecule has 0 spiro atoms. The van der Waals surface area contributed by atoms with Crippen molar-refractivity contribution >= 4 is 11.5 Å². The molecular weight excluding hydrogens is 236 g/mol. The number of anilines is 1. The third-order valence-corrected chi connectivity index (χ3v) is 3.84. The van der Waals surface area contributed by atoms with Crippen molar-refractivity contribution in [3.63, 3.8) is 0 Å². The molecule has 0 saturated carbocycles. The van der Waals surface area contributed by atoms with Gasteiger partial charge >= 0.3 is 0 Å². The van der Waals surface area contributed by atoms with E-state index in [-0.39, 0.29) is 16.9 Å². The molecule has 1 aromatic rings. The molecule has 19 heavy (non-hydrogen) atoms. The maximum absolute atomic E-state index is 11.6. The number of carbonyl (C=O) groups is 1. The summed E-state index contributed by atoms with van der Waals surface area (Å²) in [7, 11) is 0. The molecule has 1 aliphatic heterocycles. The molecule has 1 fully saturated rings. The maximum atomic E-state index is 11.6. The number of hydrogen-bond donors (Lipinski definition) is 1. The quantitative estimate of drug-likeness (QED) is 0.830. The fourth-order valence-electron chi connectivity index (χ4n) is 3.21. The van der Waals surface area contributed by atoms with Crippen molar-refractivity contribution in [2.45, 2.75) is 45.7 Å². The molecule has 1 aliphatic rings. The highest BCUT2D eigenvalue weighted by molar-refractivity contribution is 5.95. The summed E-state index contributed by atoms with van der Waals surface area (Å²) in [6.45, 7) is 12.5. The number of carbonyl (C=O) groups excluding carboxylic acids is 1. The van der Waals surface area contributed by atoms with E-state index in [4.69, 9.17) is 0 Å². The molecule has 1 N–H and O–H groups in total. The maximum Gasteiger partial charge on any atom is 0.159 e. The van der Waals surface area contributed by atoms with E-state index in [0.717, 1.165) is 24.3 Å². The first-order valence-electron chi connectivity index (χ1n) is 6.86. The van der Waals surface area contributed by atoms with E-state index < -0.39 is 0 Å². The molecule has 104 valence electrons. The molecule has 0 radical (unpaired) electrons. The van der Waals surface area contributed by atoms with Crippen LogP contribution in [0.1, 0.15) is 45.0 Å². The van der Waals surface area contributed by atoms with Gasteiger partial charge in [0, 0.05) is 35.4 Å². The summed E-state index contributed by atoms with van der Waals surface area (Å²) in [6, 6.07) is 7.96. The molecular formula is C16H24N2O. The smallest absolute Gasteiger partial charge is 0.159 e. The fourth-order valence-corrected chi connectivity index (χ4v) is 3.21. The monoisotopic (exact) mass is 260 g/mol. The second-order valence-corrected chi connectivity index (χ2v) is 6.67. The van der Waals surface area contributed by atoms with Crippen LogP contribution in [0, 0.1) is 0 Å². The van der Waals surface area contributed by atoms with Gasteiger partial charge in [-0.15, -0.1) is 0 Å². The van der Waals surface area contributed by atoms with Gasteiger partial charge in [-0.05, 0) is 46.8 Å². The molecule has 0 aromatic heterocycles. The topological polar surface area (TPSA) is 32.3 Å². The van der Waals surface area contributed by atoms with Gasteiger partial charge in [0.25, 0.3) is 0 Å². The van der Waals surface area contributed by atoms with E-state index in [1.165, 1.54) is 0 Å². The Hall–Kier alpha value is -1.35. The lowest BCUT2D eigenvalue weighted by Gasteiger charge is -2.54. The Balaban J connectivity index is 2.47. The van der Waals surface area contributed by atoms with E-state index in [9.17, 15) is 4.79 Å². The first kappa shape index (κ1) is 14.1. The lowest BCUT2D eigenvalue weighted by molar-refractivity contribution is 0.101. The molecule has 1 saturated heterocycles. The van der Waals surface area contributed by atoms with Crippen LogP contribution in [0.4, 0.5) is 5.69 Å². The highest BCUT2D eigenvalue weighted by Gasteiger charge is 2.41. The van der Waals surface area contributed by atoms with E-state index in [1.807, 2.05) is 18.2 Å². The predicted octanol–water partition coefficient (Wildman–Crippen LogP) is 2.86. The van der Waals surface area contributed by atoms with Crippen LogP contribution in [-0.4, -0.2) is 30.0 Å². The van der Waals surface area contributed by atoms with Crippen molar-refractivity contribution in [3.05, 3.63) is 29.8 Å². The summed E-state index contributed by atoms with van der Waals surface area (Å²) >= 11 is 0. The zero-order valence-corrected chi connectivity index (χ0v) is 12.6. The van der Waals surface area contributed by atoms with Gasteiger partial charge < -0.3 is 10.2 Å². The van der Waals surface area contributed by atoms with Gasteiger partial charge in [-0.3, -0.25) is 4.79 Å². The predicted molar refractivity (Wildman–Crippen MR) is 80.0 cm³/mol. The summed E-state index contributed by atoms with van der Waals surface area (Å²) in [5.74, 6) is 0.118. The van der Waals surface area contributed by atoms with Crippen molar-refractivity contribution in [2.24, 2.45) is 0 Å². The number of nitrogens with one attached hydrogen (secondary N) is 1. The Kier molecular flexibility index (Phi) is 3.43. The second-order valence-electron chi connectivity index (χ2n) is 6.67. The summed E-state index contributed by atoms with van der Waals surface area (Å²) in [5, 5.41) is 3.49. The van der Waals surface area contributed by atoms with E-state index in [0.29, 0.717) is 0 Å². The molecule has 3 heteroatoms. The Labute approximate surface area is 116 Å². The minimum absolute atomic E-state index is 0.0250. The third-order valence-electron chi connectivity index (χ3n) is 3.84. The van der Waals surface area contributed by atoms with Gasteiger partial charge in [-0.2, -0.15) is 0 Å². The summed E-state index contributed by atoms with van der Waals surface area (Å²) in [5.41, 5.74) is 1.96. The zero-order valence-electron chi connectivity index (χ0n) is 12.6. The van der Waals surface area contributed by atoms with Crippen molar-refractivity contribution in [1.29, 1.82) is 0 Å². The molecule has 0 atom stereocenters. The van der Waals surface area contributed by atoms with Gasteiger partial charge in [0.05, 0.1) is 0 Å². The average molecular weight is 260 g/mol. The number of benzene rings is 1. The van der Waals surface area contributed by atoms with Gasteiger partial charge in [0.2, 0.25) is 0 Å². The SMILES string of the molecule is CC(=O)c1cccc(N2C(C)(C)CNCC2(C)C)c1. The average Bonchev–Trinajstić information content (AvgIpc) is 2.26. The van der Waals surface area contributed by atoms with Crippen molar-refractivity contribution in [2.75, 3.05) is 18.0 Å². The van der Waals surface area contributed by atoms with Crippen molar-refractivity contribution in [3.8, 4) is 0 Å². The number of hydrogen-bond acceptors (Lipinski definition) is 3. The van der Waals surface area contributed by atoms with Crippen LogP contribution < -0.4 is 10.2 Å². The largest absolute Gasteiger partial charge is 0.359 e. The summed E-state index contributed by atoms with van der Waals surface area (Å²) < 4.78 is 0. The fraction of sp³-hybridized carbons (Fsp3) is 0.562. The van der Waals surface area contributed by atoms with Crippen molar-refractivity contribution in [1.82, 2.24) is 5.32 Å². The van der Waals surface area contributed by atoms with Crippen LogP contribution in [-0.2, 0) is 0 Å². The number of ketones is 1. The van der Waals surface area contributed by atoms with E-state index in [2.05, 4.69) is 44.0 Å². The Bertz CT molecular complexity index is 475. The molecule has 1 aromatic carbocycles. The number of nitrogens with zero attached hydrogens (tertiary/aromatic N) is 1. The lowest BCUT2D eigenvalue weighted by atomic mass is 9.88. The van der Waals surface area contributed by atoms with Crippen LogP contribution in [0.2, 0.25) is 0 Å². The standard InChI is InChI=1S/C16H24N2O/c1-12(19)13-7-6-8-14(9-13)18-15(2,3)10-17-11-16(18,4)5/h6-9,17H,10-11H2,1-5H3. The summed E-state index contributed by atoms with van der Waals surface area (Å²) in [6.07, 6.45) is 0. The third kappa shape index (κ3) is 2.66. The highest BCUT2D eigenvalue weighted by atomic mass is 16.1. The molecule has 0 unspecified atom stereocenters. The normalized spacial score (nSPS) is 21.2. The van der Waals surface area contributed by atoms with Gasteiger partial charge in [-0.1, -0.05) is 12.1 Å². The van der Waals surface area contributed by atoms with Crippen LogP contribution in [0.3, 0.4) is 0 Å². The highest BCUT2D eigenvalue weighted by Crippen LogP contribution is 2.34. The molecule has 3 nitrogen and oxygen atoms in total. The molecule has 0 bridgehead atoms. The Morgan fingerprint density at radius 2 is 1.74 bits per heavy atom. The van der Waals surface area contributed by atoms with Crippen molar-refractivity contribution < 1.29 is 4.79 Å². The van der Waals surface area contributed by atoms with Gasteiger partial charge in [-0.25, -0.2) is 0 Å².